The number of unbranched alkanes of at least 4 members (excludes halogenated alkanes) is 10. The third-order valence-corrected chi connectivity index (χ3v) is 19.1. The molecule has 2 atom stereocenters. The van der Waals surface area contributed by atoms with Crippen molar-refractivity contribution >= 4 is 46.3 Å². The Morgan fingerprint density at radius 2 is 0.669 bits per heavy atom. The Balaban J connectivity index is 0.000000267. The van der Waals surface area contributed by atoms with Gasteiger partial charge in [-0.05, 0) is 202 Å². The topological polar surface area (TPSA) is 205 Å². The van der Waals surface area contributed by atoms with Crippen LogP contribution in [0.25, 0.3) is 10.8 Å². The molecule has 0 bridgehead atoms. The molecule has 9 rings (SSSR count). The zero-order valence-electron chi connectivity index (χ0n) is 71.6. The predicted molar refractivity (Wildman–Crippen MR) is 450 cm³/mol. The molecule has 0 aliphatic rings. The van der Waals surface area contributed by atoms with Gasteiger partial charge in [-0.2, -0.15) is 61.5 Å². The lowest BCUT2D eigenvalue weighted by Crippen LogP contribution is -2.46. The summed E-state index contributed by atoms with van der Waals surface area (Å²) in [6.07, 6.45) is -11.4. The summed E-state index contributed by atoms with van der Waals surface area (Å²) in [6, 6.07) is 45.1. The number of rotatable bonds is 46. The molecule has 0 fully saturated rings. The Bertz CT molecular complexity index is 4760. The molecule has 0 N–H and O–H groups in total. The van der Waals surface area contributed by atoms with Crippen molar-refractivity contribution in [2.45, 2.75) is 208 Å². The molecule has 0 spiro atoms. The average molecular weight is 1820 g/mol. The Hall–Kier alpha value is -11.0. The van der Waals surface area contributed by atoms with Crippen LogP contribution in [0.3, 0.4) is 0 Å². The van der Waals surface area contributed by atoms with E-state index >= 15 is 0 Å². The van der Waals surface area contributed by atoms with E-state index in [9.17, 15) is 80.6 Å². The SMILES string of the molecule is CCC(C)CCCOc1ccc(C(=O)Oc2ccc(C)cc2)cn1.CCC(C)CCCOc1ccc(C(=O)Oc2ccc(OCC(F)(F)OC(F)(F)C(F)(F)F)cc2)cn1.CCCCCCCCOc1ccc(C(=O)Oc2ccc(C)cc2)cc1Cl.CCCCCCCCOc1ccc(C(=O)Oc2ccc3cc(OCC(F)(F)OC(F)(F)C(F)(F)F)ccc3c2)cc1. The van der Waals surface area contributed by atoms with Crippen LogP contribution in [0.5, 0.6) is 57.8 Å². The first-order valence-corrected chi connectivity index (χ1v) is 41.9. The molecular weight excluding hydrogens is 1710 g/mol. The highest BCUT2D eigenvalue weighted by Gasteiger charge is 2.65. The number of carbonyl (C=O) groups excluding carboxylic acids is 4. The minimum absolute atomic E-state index is 0.0238. The van der Waals surface area contributed by atoms with Crippen LogP contribution in [0.15, 0.2) is 188 Å². The average Bonchev–Trinajstić information content (AvgIpc) is 0.813. The third-order valence-electron chi connectivity index (χ3n) is 18.8. The molecule has 0 aliphatic carbocycles. The first-order chi connectivity index (χ1) is 60.2. The molecule has 9 aromatic rings. The summed E-state index contributed by atoms with van der Waals surface area (Å²) in [6.45, 7) is 15.6. The number of halogens is 15. The van der Waals surface area contributed by atoms with Crippen LogP contribution in [-0.4, -0.2) is 110 Å². The number of benzene rings is 7. The van der Waals surface area contributed by atoms with Gasteiger partial charge < -0.3 is 47.4 Å². The molecule has 33 heteroatoms. The summed E-state index contributed by atoms with van der Waals surface area (Å²) < 4.78 is 235. The predicted octanol–water partition coefficient (Wildman–Crippen LogP) is 27.0. The smallest absolute Gasteiger partial charge is 0.483 e. The Morgan fingerprint density at radius 1 is 0.339 bits per heavy atom. The minimum atomic E-state index is -6.32. The van der Waals surface area contributed by atoms with Crippen LogP contribution >= 0.6 is 11.6 Å². The number of pyridine rings is 2. The molecule has 0 amide bonds. The number of alkyl halides is 14. The maximum Gasteiger partial charge on any atom is 0.483 e. The number of carbonyl (C=O) groups is 4. The van der Waals surface area contributed by atoms with E-state index in [1.807, 2.05) is 38.1 Å². The number of esters is 4. The van der Waals surface area contributed by atoms with Crippen molar-refractivity contribution in [2.75, 3.05) is 39.6 Å². The van der Waals surface area contributed by atoms with Crippen LogP contribution in [-0.2, 0) is 9.47 Å². The van der Waals surface area contributed by atoms with Crippen molar-refractivity contribution in [2.24, 2.45) is 11.8 Å². The quantitative estimate of drug-likeness (QED) is 0.0150. The maximum absolute atomic E-state index is 13.5. The summed E-state index contributed by atoms with van der Waals surface area (Å²) in [5.41, 5.74) is 3.43. The number of nitrogens with zero attached hydrogens (tertiary/aromatic N) is 2. The van der Waals surface area contributed by atoms with E-state index in [1.165, 1.54) is 125 Å². The highest BCUT2D eigenvalue weighted by molar-refractivity contribution is 6.32. The zero-order valence-corrected chi connectivity index (χ0v) is 72.4. The zero-order chi connectivity index (χ0) is 93.2. The van der Waals surface area contributed by atoms with Crippen molar-refractivity contribution in [1.82, 2.24) is 9.97 Å². The van der Waals surface area contributed by atoms with E-state index in [2.05, 4.69) is 70.5 Å². The minimum Gasteiger partial charge on any atom is -0.494 e. The molecule has 127 heavy (non-hydrogen) atoms. The lowest BCUT2D eigenvalue weighted by molar-refractivity contribution is -0.458. The molecule has 18 nitrogen and oxygen atoms in total. The van der Waals surface area contributed by atoms with E-state index in [1.54, 1.807) is 78.9 Å². The normalized spacial score (nSPS) is 12.1. The number of hydrogen-bond acceptors (Lipinski definition) is 18. The number of fused-ring (bicyclic) bond motifs is 1. The Labute approximate surface area is 734 Å². The molecule has 2 aromatic heterocycles. The lowest BCUT2D eigenvalue weighted by Gasteiger charge is -2.25. The standard InChI is InChI=1S/C29H29F7O5.C23H24F7NO5.C22H27ClO3.C20H25NO3/c1-2-3-4-5-6-7-16-38-23-12-8-20(9-13-23)26(37)40-25-15-11-21-17-24(14-10-22(21)18-25)39-19-27(30,31)41-29(35,36)28(32,33)34;1-3-15(2)5-4-12-33-19-11-6-16(13-31-19)20(32)35-18-9-7-17(8-10-18)34-14-21(24,25)36-23(29,30)22(26,27)28;1-3-4-5-6-7-8-15-25-21-14-11-18(16-20(21)23)22(24)26-19-12-9-17(2)10-13-19;1-4-15(2)6-5-13-23-19-12-9-17(14-21-19)20(22)24-18-10-7-16(3)8-11-18/h8-15,17-18H,2-7,16,19H2,1H3;6-11,13,15H,3-5,12,14H2,1-2H3;9-14,16H,3-8,15H2,1-2H3;7-12,14-15H,4-6,13H2,1-3H3. The highest BCUT2D eigenvalue weighted by Crippen LogP contribution is 2.43. The maximum atomic E-state index is 13.5. The second kappa shape index (κ2) is 52.3. The van der Waals surface area contributed by atoms with Gasteiger partial charge in [0.15, 0.2) is 13.2 Å². The van der Waals surface area contributed by atoms with Crippen LogP contribution in [0.4, 0.5) is 61.5 Å². The fourth-order valence-corrected chi connectivity index (χ4v) is 11.3. The van der Waals surface area contributed by atoms with Gasteiger partial charge in [-0.1, -0.05) is 178 Å². The summed E-state index contributed by atoms with van der Waals surface area (Å²) in [5, 5.41) is 1.36. The van der Waals surface area contributed by atoms with Gasteiger partial charge in [0.1, 0.15) is 46.0 Å². The van der Waals surface area contributed by atoms with Gasteiger partial charge in [0.2, 0.25) is 11.8 Å². The molecule has 2 heterocycles. The van der Waals surface area contributed by atoms with Crippen molar-refractivity contribution in [3.63, 3.8) is 0 Å². The first kappa shape index (κ1) is 105. The summed E-state index contributed by atoms with van der Waals surface area (Å²) in [5.74, 6) is 1.82. The van der Waals surface area contributed by atoms with Crippen molar-refractivity contribution in [3.05, 3.63) is 227 Å². The number of hydrogen-bond donors (Lipinski definition) is 0. The van der Waals surface area contributed by atoms with E-state index in [4.69, 9.17) is 49.5 Å². The molecule has 2 unspecified atom stereocenters. The molecule has 0 saturated heterocycles. The third kappa shape index (κ3) is 39.0. The van der Waals surface area contributed by atoms with Crippen LogP contribution in [0.2, 0.25) is 5.02 Å². The summed E-state index contributed by atoms with van der Waals surface area (Å²) in [7, 11) is 0. The monoisotopic (exact) mass is 1820 g/mol. The second-order valence-corrected chi connectivity index (χ2v) is 30.0. The van der Waals surface area contributed by atoms with Gasteiger partial charge >= 0.3 is 60.7 Å². The highest BCUT2D eigenvalue weighted by atomic mass is 35.5. The van der Waals surface area contributed by atoms with Crippen LogP contribution < -0.4 is 47.4 Å². The fourth-order valence-electron chi connectivity index (χ4n) is 11.1. The van der Waals surface area contributed by atoms with Gasteiger partial charge in [0.05, 0.1) is 53.7 Å². The van der Waals surface area contributed by atoms with E-state index in [0.717, 1.165) is 92.7 Å². The fraction of sp³-hybridized carbons (Fsp3) is 0.426. The van der Waals surface area contributed by atoms with E-state index < -0.39 is 73.9 Å². The van der Waals surface area contributed by atoms with Gasteiger partial charge in [-0.25, -0.2) is 38.6 Å². The van der Waals surface area contributed by atoms with Gasteiger partial charge in [0, 0.05) is 24.5 Å². The van der Waals surface area contributed by atoms with Gasteiger partial charge in [-0.3, -0.25) is 0 Å². The Morgan fingerprint density at radius 3 is 1.09 bits per heavy atom. The molecule has 7 aromatic carbocycles. The lowest BCUT2D eigenvalue weighted by atomic mass is 10.0. The Kier molecular flexibility index (Phi) is 43.2. The molecule has 0 radical (unpaired) electrons. The molecular formula is C94H105ClF14N2O16. The van der Waals surface area contributed by atoms with E-state index in [-0.39, 0.29) is 28.6 Å². The van der Waals surface area contributed by atoms with Gasteiger partial charge in [0.25, 0.3) is 0 Å². The summed E-state index contributed by atoms with van der Waals surface area (Å²) >= 11 is 6.25. The largest absolute Gasteiger partial charge is 0.494 e. The summed E-state index contributed by atoms with van der Waals surface area (Å²) in [4.78, 5) is 57.3. The molecule has 692 valence electrons. The van der Waals surface area contributed by atoms with Crippen molar-refractivity contribution in [1.29, 1.82) is 0 Å². The van der Waals surface area contributed by atoms with Gasteiger partial charge in [-0.15, -0.1) is 0 Å². The molecule has 0 aliphatic heterocycles. The number of aromatic nitrogens is 2. The van der Waals surface area contributed by atoms with Crippen LogP contribution in [0.1, 0.15) is 210 Å². The van der Waals surface area contributed by atoms with Crippen molar-refractivity contribution < 1.29 is 137 Å². The van der Waals surface area contributed by atoms with Crippen molar-refractivity contribution in [3.8, 4) is 57.8 Å². The second-order valence-electron chi connectivity index (χ2n) is 29.6. The van der Waals surface area contributed by atoms with Crippen LogP contribution in [0, 0.1) is 25.7 Å². The molecule has 0 saturated carbocycles. The number of ether oxygens (including phenoxy) is 12. The van der Waals surface area contributed by atoms with E-state index in [0.29, 0.717) is 99.6 Å². The first-order valence-electron chi connectivity index (χ1n) is 41.5. The number of aryl methyl sites for hydroxylation is 2.